The third-order valence-electron chi connectivity index (χ3n) is 2.43. The molecule has 0 atom stereocenters. The Bertz CT molecular complexity index is 579. The topological polar surface area (TPSA) is 37.8 Å². The van der Waals surface area contributed by atoms with Gasteiger partial charge in [-0.05, 0) is 38.1 Å². The zero-order valence-corrected chi connectivity index (χ0v) is 11.6. The van der Waals surface area contributed by atoms with Crippen molar-refractivity contribution in [2.24, 2.45) is 0 Å². The summed E-state index contributed by atoms with van der Waals surface area (Å²) in [6.07, 6.45) is -4.36. The smallest absolute Gasteiger partial charge is 0.324 e. The molecule has 0 saturated carbocycles. The first-order valence-corrected chi connectivity index (χ1v) is 5.61. The first-order valence-electron chi connectivity index (χ1n) is 5.61. The van der Waals surface area contributed by atoms with Gasteiger partial charge in [-0.3, -0.25) is 0 Å². The van der Waals surface area contributed by atoms with Crippen molar-refractivity contribution in [2.75, 3.05) is 5.32 Å². The molecule has 0 aliphatic carbocycles. The normalized spacial score (nSPS) is 10.8. The minimum atomic E-state index is -4.36. The first kappa shape index (κ1) is 16.2. The fraction of sp³-hybridized carbons (Fsp3) is 0.231. The lowest BCUT2D eigenvalue weighted by Crippen LogP contribution is -2.06. The largest absolute Gasteiger partial charge is 0.416 e. The van der Waals surface area contributed by atoms with Crippen LogP contribution in [0.1, 0.15) is 17.0 Å². The van der Waals surface area contributed by atoms with Crippen LogP contribution in [0.5, 0.6) is 0 Å². The van der Waals surface area contributed by atoms with E-state index in [9.17, 15) is 13.2 Å². The molecule has 2 aromatic rings. The van der Waals surface area contributed by atoms with Crippen LogP contribution in [-0.4, -0.2) is 9.97 Å². The molecule has 0 radical (unpaired) electrons. The molecule has 0 saturated heterocycles. The molecule has 3 nitrogen and oxygen atoms in total. The molecule has 1 aromatic heterocycles. The Labute approximate surface area is 120 Å². The Hall–Kier alpha value is -1.82. The summed E-state index contributed by atoms with van der Waals surface area (Å²) in [7, 11) is 0. The van der Waals surface area contributed by atoms with Crippen molar-refractivity contribution < 1.29 is 13.2 Å². The van der Waals surface area contributed by atoms with Crippen molar-refractivity contribution in [1.82, 2.24) is 9.97 Å². The lowest BCUT2D eigenvalue weighted by Gasteiger charge is -2.10. The molecule has 0 amide bonds. The standard InChI is InChI=1S/C13H12F3N3.ClH/c1-8-6-9(2)18-12(17-8)19-11-5-3-4-10(7-11)13(14,15)16;/h3-7H,1-2H3,(H,17,18,19);1H. The molecule has 0 bridgehead atoms. The Morgan fingerprint density at radius 1 is 1.00 bits per heavy atom. The van der Waals surface area contributed by atoms with Crippen LogP contribution in [0.15, 0.2) is 30.3 Å². The highest BCUT2D eigenvalue weighted by molar-refractivity contribution is 5.85. The minimum Gasteiger partial charge on any atom is -0.324 e. The van der Waals surface area contributed by atoms with Gasteiger partial charge in [0.2, 0.25) is 5.95 Å². The Balaban J connectivity index is 0.00000200. The molecule has 0 fully saturated rings. The summed E-state index contributed by atoms with van der Waals surface area (Å²) >= 11 is 0. The molecule has 1 aromatic carbocycles. The number of aryl methyl sites for hydroxylation is 2. The number of hydrogen-bond acceptors (Lipinski definition) is 3. The van der Waals surface area contributed by atoms with Gasteiger partial charge in [-0.2, -0.15) is 13.2 Å². The Kier molecular flexibility index (Phi) is 4.94. The van der Waals surface area contributed by atoms with Gasteiger partial charge in [0.15, 0.2) is 0 Å². The van der Waals surface area contributed by atoms with Crippen molar-refractivity contribution in [3.8, 4) is 0 Å². The summed E-state index contributed by atoms with van der Waals surface area (Å²) in [5, 5.41) is 2.78. The zero-order valence-electron chi connectivity index (χ0n) is 10.8. The van der Waals surface area contributed by atoms with Crippen LogP contribution < -0.4 is 5.32 Å². The van der Waals surface area contributed by atoms with Gasteiger partial charge >= 0.3 is 6.18 Å². The lowest BCUT2D eigenvalue weighted by atomic mass is 10.2. The predicted octanol–water partition coefficient (Wildman–Crippen LogP) is 4.28. The molecule has 20 heavy (non-hydrogen) atoms. The van der Waals surface area contributed by atoms with Crippen LogP contribution in [0.2, 0.25) is 0 Å². The van der Waals surface area contributed by atoms with E-state index in [1.807, 2.05) is 0 Å². The third-order valence-corrected chi connectivity index (χ3v) is 2.43. The number of hydrogen-bond donors (Lipinski definition) is 1. The maximum Gasteiger partial charge on any atom is 0.416 e. The molecule has 0 unspecified atom stereocenters. The van der Waals surface area contributed by atoms with Crippen LogP contribution in [0.3, 0.4) is 0 Å². The number of anilines is 2. The van der Waals surface area contributed by atoms with Crippen LogP contribution >= 0.6 is 12.4 Å². The van der Waals surface area contributed by atoms with Crippen LogP contribution in [0.25, 0.3) is 0 Å². The minimum absolute atomic E-state index is 0. The first-order chi connectivity index (χ1) is 8.84. The highest BCUT2D eigenvalue weighted by Crippen LogP contribution is 2.31. The van der Waals surface area contributed by atoms with Gasteiger partial charge in [0.25, 0.3) is 0 Å². The fourth-order valence-corrected chi connectivity index (χ4v) is 1.68. The second-order valence-electron chi connectivity index (χ2n) is 4.18. The molecule has 0 spiro atoms. The quantitative estimate of drug-likeness (QED) is 0.900. The highest BCUT2D eigenvalue weighted by atomic mass is 35.5. The van der Waals surface area contributed by atoms with E-state index in [4.69, 9.17) is 0 Å². The van der Waals surface area contributed by atoms with Gasteiger partial charge in [-0.15, -0.1) is 12.4 Å². The monoisotopic (exact) mass is 303 g/mol. The lowest BCUT2D eigenvalue weighted by molar-refractivity contribution is -0.137. The van der Waals surface area contributed by atoms with E-state index in [1.54, 1.807) is 19.9 Å². The number of nitrogens with one attached hydrogen (secondary N) is 1. The van der Waals surface area contributed by atoms with Crippen molar-refractivity contribution in [2.45, 2.75) is 20.0 Å². The van der Waals surface area contributed by atoms with Crippen molar-refractivity contribution in [3.63, 3.8) is 0 Å². The molecule has 1 heterocycles. The van der Waals surface area contributed by atoms with Gasteiger partial charge in [-0.1, -0.05) is 6.07 Å². The molecule has 0 aliphatic rings. The predicted molar refractivity (Wildman–Crippen MR) is 73.5 cm³/mol. The molecule has 108 valence electrons. The maximum atomic E-state index is 12.6. The molecule has 7 heteroatoms. The Morgan fingerprint density at radius 2 is 1.60 bits per heavy atom. The number of nitrogens with zero attached hydrogens (tertiary/aromatic N) is 2. The summed E-state index contributed by atoms with van der Waals surface area (Å²) in [6.45, 7) is 3.60. The van der Waals surface area contributed by atoms with E-state index in [0.717, 1.165) is 23.5 Å². The average Bonchev–Trinajstić information content (AvgIpc) is 2.26. The average molecular weight is 304 g/mol. The van der Waals surface area contributed by atoms with Crippen molar-refractivity contribution in [3.05, 3.63) is 47.3 Å². The van der Waals surface area contributed by atoms with E-state index < -0.39 is 11.7 Å². The van der Waals surface area contributed by atoms with Gasteiger partial charge in [0.05, 0.1) is 5.56 Å². The highest BCUT2D eigenvalue weighted by Gasteiger charge is 2.30. The number of halogens is 4. The number of aromatic nitrogens is 2. The zero-order chi connectivity index (χ0) is 14.0. The maximum absolute atomic E-state index is 12.6. The molecular formula is C13H13ClF3N3. The van der Waals surface area contributed by atoms with Crippen LogP contribution in [-0.2, 0) is 6.18 Å². The number of rotatable bonds is 2. The van der Waals surface area contributed by atoms with Crippen LogP contribution in [0, 0.1) is 13.8 Å². The second kappa shape index (κ2) is 6.09. The number of alkyl halides is 3. The SMILES string of the molecule is Cc1cc(C)nc(Nc2cccc(C(F)(F)F)c2)n1.Cl. The molecule has 1 N–H and O–H groups in total. The van der Waals surface area contributed by atoms with Crippen LogP contribution in [0.4, 0.5) is 24.8 Å². The van der Waals surface area contributed by atoms with E-state index >= 15 is 0 Å². The van der Waals surface area contributed by atoms with Crippen molar-refractivity contribution >= 4 is 24.0 Å². The van der Waals surface area contributed by atoms with Gasteiger partial charge in [0, 0.05) is 17.1 Å². The summed E-state index contributed by atoms with van der Waals surface area (Å²) in [5.74, 6) is 0.289. The van der Waals surface area contributed by atoms with E-state index in [0.29, 0.717) is 5.69 Å². The van der Waals surface area contributed by atoms with Gasteiger partial charge in [0.1, 0.15) is 0 Å². The molecular weight excluding hydrogens is 291 g/mol. The van der Waals surface area contributed by atoms with E-state index in [2.05, 4.69) is 15.3 Å². The summed E-state index contributed by atoms with van der Waals surface area (Å²) in [4.78, 5) is 8.24. The summed E-state index contributed by atoms with van der Waals surface area (Å²) in [5.41, 5.74) is 1.10. The van der Waals surface area contributed by atoms with Gasteiger partial charge in [-0.25, -0.2) is 9.97 Å². The van der Waals surface area contributed by atoms with E-state index in [-0.39, 0.29) is 18.4 Å². The summed E-state index contributed by atoms with van der Waals surface area (Å²) < 4.78 is 37.7. The molecule has 0 aliphatic heterocycles. The van der Waals surface area contributed by atoms with Crippen molar-refractivity contribution in [1.29, 1.82) is 0 Å². The summed E-state index contributed by atoms with van der Waals surface area (Å²) in [6, 6.07) is 6.72. The Morgan fingerprint density at radius 3 is 2.15 bits per heavy atom. The molecule has 2 rings (SSSR count). The van der Waals surface area contributed by atoms with Gasteiger partial charge < -0.3 is 5.32 Å². The van der Waals surface area contributed by atoms with E-state index in [1.165, 1.54) is 12.1 Å². The fourth-order valence-electron chi connectivity index (χ4n) is 1.68. The number of benzene rings is 1. The third kappa shape index (κ3) is 4.09. The second-order valence-corrected chi connectivity index (χ2v) is 4.18.